The van der Waals surface area contributed by atoms with Gasteiger partial charge in [-0.3, -0.25) is 0 Å². The van der Waals surface area contributed by atoms with E-state index in [1.54, 1.807) is 14.2 Å². The first-order valence-electron chi connectivity index (χ1n) is 7.84. The Bertz CT molecular complexity index is 538. The van der Waals surface area contributed by atoms with Crippen molar-refractivity contribution in [2.24, 2.45) is 0 Å². The standard InChI is InChI=1S/C20H26O2/c1-20(22-3,19-12-8-5-9-13-19)15-14-18(16-21-2)17-10-6-4-7-11-17/h4-13,18H,14-16H2,1-3H3. The van der Waals surface area contributed by atoms with Gasteiger partial charge in [0.15, 0.2) is 0 Å². The second-order valence-corrected chi connectivity index (χ2v) is 5.90. The van der Waals surface area contributed by atoms with Gasteiger partial charge in [0.05, 0.1) is 12.2 Å². The highest BCUT2D eigenvalue weighted by Crippen LogP contribution is 2.33. The molecule has 22 heavy (non-hydrogen) atoms. The molecule has 0 radical (unpaired) electrons. The fraction of sp³-hybridized carbons (Fsp3) is 0.400. The summed E-state index contributed by atoms with van der Waals surface area (Å²) < 4.78 is 11.3. The van der Waals surface area contributed by atoms with Gasteiger partial charge in [0, 0.05) is 20.1 Å². The highest BCUT2D eigenvalue weighted by atomic mass is 16.5. The Kier molecular flexibility index (Phi) is 6.17. The van der Waals surface area contributed by atoms with Crippen LogP contribution in [0.3, 0.4) is 0 Å². The molecule has 2 rings (SSSR count). The van der Waals surface area contributed by atoms with Crippen LogP contribution in [0.2, 0.25) is 0 Å². The van der Waals surface area contributed by atoms with Crippen molar-refractivity contribution in [3.05, 3.63) is 71.8 Å². The smallest absolute Gasteiger partial charge is 0.0899 e. The first-order chi connectivity index (χ1) is 10.7. The average molecular weight is 298 g/mol. The number of hydrogen-bond donors (Lipinski definition) is 0. The zero-order valence-corrected chi connectivity index (χ0v) is 13.8. The fourth-order valence-corrected chi connectivity index (χ4v) is 2.88. The van der Waals surface area contributed by atoms with Crippen LogP contribution in [0.25, 0.3) is 0 Å². The third-order valence-electron chi connectivity index (χ3n) is 4.44. The van der Waals surface area contributed by atoms with Crippen molar-refractivity contribution in [1.29, 1.82) is 0 Å². The van der Waals surface area contributed by atoms with Crippen molar-refractivity contribution in [1.82, 2.24) is 0 Å². The van der Waals surface area contributed by atoms with E-state index in [0.717, 1.165) is 19.4 Å². The topological polar surface area (TPSA) is 18.5 Å². The molecule has 0 heterocycles. The summed E-state index contributed by atoms with van der Waals surface area (Å²) in [6.45, 7) is 2.90. The Morgan fingerprint density at radius 1 is 0.909 bits per heavy atom. The summed E-state index contributed by atoms with van der Waals surface area (Å²) >= 11 is 0. The molecule has 118 valence electrons. The van der Waals surface area contributed by atoms with E-state index in [2.05, 4.69) is 61.5 Å². The minimum Gasteiger partial charge on any atom is -0.384 e. The maximum Gasteiger partial charge on any atom is 0.0899 e. The number of methoxy groups -OCH3 is 2. The van der Waals surface area contributed by atoms with Crippen LogP contribution in [-0.2, 0) is 15.1 Å². The SMILES string of the molecule is COCC(CCC(C)(OC)c1ccccc1)c1ccccc1. The number of rotatable bonds is 8. The first kappa shape index (κ1) is 16.7. The number of hydrogen-bond acceptors (Lipinski definition) is 2. The Labute approximate surface area is 134 Å². The molecular weight excluding hydrogens is 272 g/mol. The Hall–Kier alpha value is -1.64. The predicted octanol–water partition coefficient (Wildman–Crippen LogP) is 4.76. The lowest BCUT2D eigenvalue weighted by Gasteiger charge is -2.30. The minimum absolute atomic E-state index is 0.262. The quantitative estimate of drug-likeness (QED) is 0.699. The molecule has 0 aromatic heterocycles. The maximum atomic E-state index is 5.85. The molecule has 0 aliphatic carbocycles. The van der Waals surface area contributed by atoms with Gasteiger partial charge in [0.2, 0.25) is 0 Å². The Morgan fingerprint density at radius 2 is 1.50 bits per heavy atom. The molecule has 0 bridgehead atoms. The minimum atomic E-state index is -0.262. The fourth-order valence-electron chi connectivity index (χ4n) is 2.88. The molecule has 0 aliphatic rings. The lowest BCUT2D eigenvalue weighted by atomic mass is 9.85. The van der Waals surface area contributed by atoms with Gasteiger partial charge in [-0.05, 0) is 30.9 Å². The van der Waals surface area contributed by atoms with E-state index in [0.29, 0.717) is 5.92 Å². The van der Waals surface area contributed by atoms with E-state index >= 15 is 0 Å². The molecule has 0 aliphatic heterocycles. The van der Waals surface area contributed by atoms with Gasteiger partial charge in [0.1, 0.15) is 0 Å². The van der Waals surface area contributed by atoms with Crippen LogP contribution in [0, 0.1) is 0 Å². The first-order valence-corrected chi connectivity index (χ1v) is 7.84. The lowest BCUT2D eigenvalue weighted by Crippen LogP contribution is -2.25. The zero-order chi connectivity index (χ0) is 15.8. The van der Waals surface area contributed by atoms with E-state index in [1.165, 1.54) is 11.1 Å². The molecule has 0 N–H and O–H groups in total. The summed E-state index contributed by atoms with van der Waals surface area (Å²) in [6.07, 6.45) is 1.98. The second kappa shape index (κ2) is 8.11. The molecular formula is C20H26O2. The van der Waals surface area contributed by atoms with Crippen molar-refractivity contribution in [2.45, 2.75) is 31.3 Å². The van der Waals surface area contributed by atoms with Gasteiger partial charge in [-0.2, -0.15) is 0 Å². The molecule has 2 nitrogen and oxygen atoms in total. The monoisotopic (exact) mass is 298 g/mol. The summed E-state index contributed by atoms with van der Waals surface area (Å²) in [6, 6.07) is 21.0. The summed E-state index contributed by atoms with van der Waals surface area (Å²) in [5, 5.41) is 0. The van der Waals surface area contributed by atoms with Crippen LogP contribution in [0.15, 0.2) is 60.7 Å². The molecule has 0 amide bonds. The van der Waals surface area contributed by atoms with Crippen molar-refractivity contribution in [3.8, 4) is 0 Å². The normalized spacial score (nSPS) is 15.2. The lowest BCUT2D eigenvalue weighted by molar-refractivity contribution is -0.0102. The highest BCUT2D eigenvalue weighted by molar-refractivity contribution is 5.23. The molecule has 2 heteroatoms. The maximum absolute atomic E-state index is 5.85. The van der Waals surface area contributed by atoms with Crippen LogP contribution >= 0.6 is 0 Å². The number of ether oxygens (including phenoxy) is 2. The Balaban J connectivity index is 2.10. The molecule has 2 unspecified atom stereocenters. The summed E-state index contributed by atoms with van der Waals surface area (Å²) in [4.78, 5) is 0. The number of benzene rings is 2. The average Bonchev–Trinajstić information content (AvgIpc) is 2.60. The summed E-state index contributed by atoms with van der Waals surface area (Å²) in [5.41, 5.74) is 2.29. The molecule has 2 atom stereocenters. The summed E-state index contributed by atoms with van der Waals surface area (Å²) in [7, 11) is 3.56. The molecule has 2 aromatic carbocycles. The van der Waals surface area contributed by atoms with Gasteiger partial charge in [-0.1, -0.05) is 60.7 Å². The van der Waals surface area contributed by atoms with Crippen molar-refractivity contribution in [2.75, 3.05) is 20.8 Å². The van der Waals surface area contributed by atoms with Gasteiger partial charge in [-0.15, -0.1) is 0 Å². The van der Waals surface area contributed by atoms with E-state index in [4.69, 9.17) is 9.47 Å². The molecule has 2 aromatic rings. The van der Waals surface area contributed by atoms with E-state index in [9.17, 15) is 0 Å². The summed E-state index contributed by atoms with van der Waals surface area (Å²) in [5.74, 6) is 0.393. The van der Waals surface area contributed by atoms with Crippen LogP contribution in [0.4, 0.5) is 0 Å². The molecule has 0 spiro atoms. The third-order valence-corrected chi connectivity index (χ3v) is 4.44. The third kappa shape index (κ3) is 4.19. The van der Waals surface area contributed by atoms with Gasteiger partial charge in [0.25, 0.3) is 0 Å². The van der Waals surface area contributed by atoms with Crippen LogP contribution in [-0.4, -0.2) is 20.8 Å². The second-order valence-electron chi connectivity index (χ2n) is 5.90. The highest BCUT2D eigenvalue weighted by Gasteiger charge is 2.27. The van der Waals surface area contributed by atoms with E-state index < -0.39 is 0 Å². The van der Waals surface area contributed by atoms with E-state index in [1.807, 2.05) is 6.07 Å². The van der Waals surface area contributed by atoms with Gasteiger partial charge >= 0.3 is 0 Å². The zero-order valence-electron chi connectivity index (χ0n) is 13.8. The van der Waals surface area contributed by atoms with Crippen molar-refractivity contribution < 1.29 is 9.47 Å². The van der Waals surface area contributed by atoms with Crippen molar-refractivity contribution >= 4 is 0 Å². The van der Waals surface area contributed by atoms with Crippen molar-refractivity contribution in [3.63, 3.8) is 0 Å². The van der Waals surface area contributed by atoms with Gasteiger partial charge < -0.3 is 9.47 Å². The molecule has 0 fully saturated rings. The molecule has 0 saturated heterocycles. The largest absolute Gasteiger partial charge is 0.384 e. The van der Waals surface area contributed by atoms with Crippen LogP contribution in [0.5, 0.6) is 0 Å². The van der Waals surface area contributed by atoms with Crippen LogP contribution in [0.1, 0.15) is 36.8 Å². The van der Waals surface area contributed by atoms with E-state index in [-0.39, 0.29) is 5.60 Å². The predicted molar refractivity (Wildman–Crippen MR) is 91.1 cm³/mol. The van der Waals surface area contributed by atoms with Gasteiger partial charge in [-0.25, -0.2) is 0 Å². The Morgan fingerprint density at radius 3 is 2.05 bits per heavy atom. The van der Waals surface area contributed by atoms with Crippen LogP contribution < -0.4 is 0 Å². The molecule has 0 saturated carbocycles.